The van der Waals surface area contributed by atoms with E-state index in [-0.39, 0.29) is 4.90 Å². The molecular formula is C34H30N4O4S. The Kier molecular flexibility index (Phi) is 9.14. The Morgan fingerprint density at radius 3 is 1.86 bits per heavy atom. The smallest absolute Gasteiger partial charge is 0.271 e. The second-order valence-corrected chi connectivity index (χ2v) is 11.1. The molecule has 0 aliphatic heterocycles. The maximum Gasteiger partial charge on any atom is 0.271 e. The van der Waals surface area contributed by atoms with Crippen molar-refractivity contribution in [3.63, 3.8) is 0 Å². The molecule has 9 heteroatoms. The fraction of sp³-hybridized carbons (Fsp3) is 0.0588. The van der Waals surface area contributed by atoms with Gasteiger partial charge in [-0.3, -0.25) is 9.52 Å². The Hall–Kier alpha value is -5.41. The Balaban J connectivity index is 1.20. The van der Waals surface area contributed by atoms with Crippen molar-refractivity contribution in [2.75, 3.05) is 16.2 Å². The van der Waals surface area contributed by atoms with Gasteiger partial charge in [0.2, 0.25) is 0 Å². The van der Waals surface area contributed by atoms with E-state index in [9.17, 15) is 13.2 Å². The van der Waals surface area contributed by atoms with E-state index in [1.807, 2.05) is 67.6 Å². The van der Waals surface area contributed by atoms with Crippen LogP contribution < -0.4 is 19.8 Å². The van der Waals surface area contributed by atoms with E-state index in [1.165, 1.54) is 36.4 Å². The minimum atomic E-state index is -3.80. The maximum absolute atomic E-state index is 12.7. The van der Waals surface area contributed by atoms with Crippen molar-refractivity contribution in [1.29, 1.82) is 0 Å². The minimum absolute atomic E-state index is 0.105. The lowest BCUT2D eigenvalue weighted by Gasteiger charge is -2.25. The summed E-state index contributed by atoms with van der Waals surface area (Å²) in [6.45, 7) is 2.35. The minimum Gasteiger partial charge on any atom is -0.494 e. The number of hydrogen-bond donors (Lipinski definition) is 2. The zero-order chi connectivity index (χ0) is 30.1. The van der Waals surface area contributed by atoms with Crippen molar-refractivity contribution in [2.24, 2.45) is 5.10 Å². The first-order valence-corrected chi connectivity index (χ1v) is 15.1. The van der Waals surface area contributed by atoms with Gasteiger partial charge in [-0.2, -0.15) is 5.10 Å². The first kappa shape index (κ1) is 29.1. The number of carbonyl (C=O) groups excluding carboxylic acids is 1. The maximum atomic E-state index is 12.7. The monoisotopic (exact) mass is 590 g/mol. The van der Waals surface area contributed by atoms with Crippen LogP contribution in [0.3, 0.4) is 0 Å². The lowest BCUT2D eigenvalue weighted by molar-refractivity contribution is 0.0955. The van der Waals surface area contributed by atoms with E-state index in [0.29, 0.717) is 23.6 Å². The standard InChI is InChI=1S/C34H30N4O4S/c1-2-42-32-21-23-33(24-22-32)43(40,41)37-28-17-15-27(16-18-28)34(39)36-35-25-26-13-19-31(20-14-26)38(29-9-5-3-6-10-29)30-11-7-4-8-12-30/h3-25,37H,2H2,1H3,(H,36,39)/b35-25+. The van der Waals surface area contributed by atoms with Gasteiger partial charge in [-0.05, 0) is 97.4 Å². The summed E-state index contributed by atoms with van der Waals surface area (Å²) in [6.07, 6.45) is 1.57. The van der Waals surface area contributed by atoms with Gasteiger partial charge < -0.3 is 9.64 Å². The summed E-state index contributed by atoms with van der Waals surface area (Å²) in [5, 5.41) is 4.09. The van der Waals surface area contributed by atoms with Crippen LogP contribution in [0.1, 0.15) is 22.8 Å². The lowest BCUT2D eigenvalue weighted by Crippen LogP contribution is -2.18. The number of ether oxygens (including phenoxy) is 1. The van der Waals surface area contributed by atoms with Crippen LogP contribution in [-0.2, 0) is 10.0 Å². The van der Waals surface area contributed by atoms with Gasteiger partial charge in [0, 0.05) is 28.3 Å². The summed E-state index contributed by atoms with van der Waals surface area (Å²) in [7, 11) is -3.80. The van der Waals surface area contributed by atoms with E-state index in [2.05, 4.69) is 44.4 Å². The molecule has 0 radical (unpaired) electrons. The van der Waals surface area contributed by atoms with Crippen molar-refractivity contribution >= 4 is 44.9 Å². The Morgan fingerprint density at radius 1 is 0.744 bits per heavy atom. The predicted octanol–water partition coefficient (Wildman–Crippen LogP) is 7.12. The topological polar surface area (TPSA) is 100 Å². The summed E-state index contributed by atoms with van der Waals surface area (Å²) in [4.78, 5) is 14.9. The molecule has 1 amide bonds. The van der Waals surface area contributed by atoms with Crippen molar-refractivity contribution in [3.05, 3.63) is 145 Å². The second kappa shape index (κ2) is 13.5. The summed E-state index contributed by atoms with van der Waals surface area (Å²) in [5.41, 5.74) is 7.05. The number of nitrogens with one attached hydrogen (secondary N) is 2. The molecule has 0 aromatic heterocycles. The molecule has 0 unspecified atom stereocenters. The molecule has 0 aliphatic rings. The Bertz CT molecular complexity index is 1740. The average Bonchev–Trinajstić information content (AvgIpc) is 3.03. The molecule has 0 saturated heterocycles. The first-order chi connectivity index (χ1) is 20.9. The number of hydrogen-bond acceptors (Lipinski definition) is 6. The van der Waals surface area contributed by atoms with Gasteiger partial charge in [0.15, 0.2) is 0 Å². The molecule has 0 aliphatic carbocycles. The quantitative estimate of drug-likeness (QED) is 0.126. The predicted molar refractivity (Wildman–Crippen MR) is 171 cm³/mol. The number of para-hydroxylation sites is 2. The van der Waals surface area contributed by atoms with Gasteiger partial charge in [-0.25, -0.2) is 13.8 Å². The van der Waals surface area contributed by atoms with Gasteiger partial charge in [-0.1, -0.05) is 48.5 Å². The number of rotatable bonds is 11. The number of amides is 1. The van der Waals surface area contributed by atoms with Gasteiger partial charge in [0.25, 0.3) is 15.9 Å². The molecule has 5 rings (SSSR count). The van der Waals surface area contributed by atoms with Crippen LogP contribution in [0, 0.1) is 0 Å². The molecule has 216 valence electrons. The summed E-state index contributed by atoms with van der Waals surface area (Å²) >= 11 is 0. The van der Waals surface area contributed by atoms with E-state index in [0.717, 1.165) is 22.6 Å². The molecule has 5 aromatic carbocycles. The van der Waals surface area contributed by atoms with E-state index in [4.69, 9.17) is 4.74 Å². The first-order valence-electron chi connectivity index (χ1n) is 13.6. The molecule has 43 heavy (non-hydrogen) atoms. The molecule has 2 N–H and O–H groups in total. The van der Waals surface area contributed by atoms with Gasteiger partial charge in [0.1, 0.15) is 5.75 Å². The van der Waals surface area contributed by atoms with Crippen molar-refractivity contribution in [3.8, 4) is 5.75 Å². The van der Waals surface area contributed by atoms with Crippen molar-refractivity contribution < 1.29 is 17.9 Å². The third-order valence-corrected chi connectivity index (χ3v) is 7.80. The number of carbonyl (C=O) groups is 1. The summed E-state index contributed by atoms with van der Waals surface area (Å²) < 4.78 is 33.3. The molecule has 5 aromatic rings. The van der Waals surface area contributed by atoms with E-state index < -0.39 is 15.9 Å². The van der Waals surface area contributed by atoms with Crippen LogP contribution in [0.15, 0.2) is 143 Å². The second-order valence-electron chi connectivity index (χ2n) is 9.38. The molecule has 8 nitrogen and oxygen atoms in total. The van der Waals surface area contributed by atoms with Gasteiger partial charge >= 0.3 is 0 Å². The third-order valence-electron chi connectivity index (χ3n) is 6.40. The summed E-state index contributed by atoms with van der Waals surface area (Å²) in [5.74, 6) is 0.169. The molecular weight excluding hydrogens is 560 g/mol. The largest absolute Gasteiger partial charge is 0.494 e. The van der Waals surface area contributed by atoms with Crippen LogP contribution in [0.5, 0.6) is 5.75 Å². The molecule has 0 bridgehead atoms. The zero-order valence-corrected chi connectivity index (χ0v) is 24.2. The van der Waals surface area contributed by atoms with Gasteiger partial charge in [0.05, 0.1) is 17.7 Å². The van der Waals surface area contributed by atoms with Crippen molar-refractivity contribution in [2.45, 2.75) is 11.8 Å². The average molecular weight is 591 g/mol. The Morgan fingerprint density at radius 2 is 1.30 bits per heavy atom. The van der Waals surface area contributed by atoms with Gasteiger partial charge in [-0.15, -0.1) is 0 Å². The Labute approximate surface area is 251 Å². The number of hydrazone groups is 1. The molecule has 0 atom stereocenters. The van der Waals surface area contributed by atoms with Crippen LogP contribution in [-0.4, -0.2) is 27.1 Å². The van der Waals surface area contributed by atoms with Crippen molar-refractivity contribution in [1.82, 2.24) is 5.43 Å². The number of benzene rings is 5. The summed E-state index contributed by atoms with van der Waals surface area (Å²) in [6, 6.07) is 40.3. The van der Waals surface area contributed by atoms with Crippen LogP contribution >= 0.6 is 0 Å². The highest BCUT2D eigenvalue weighted by Gasteiger charge is 2.15. The lowest BCUT2D eigenvalue weighted by atomic mass is 10.1. The highest BCUT2D eigenvalue weighted by molar-refractivity contribution is 7.92. The molecule has 0 heterocycles. The van der Waals surface area contributed by atoms with Crippen LogP contribution in [0.25, 0.3) is 0 Å². The fourth-order valence-electron chi connectivity index (χ4n) is 4.33. The third kappa shape index (κ3) is 7.46. The molecule has 0 spiro atoms. The number of nitrogens with zero attached hydrogens (tertiary/aromatic N) is 2. The highest BCUT2D eigenvalue weighted by atomic mass is 32.2. The van der Waals surface area contributed by atoms with Crippen LogP contribution in [0.4, 0.5) is 22.7 Å². The van der Waals surface area contributed by atoms with E-state index in [1.54, 1.807) is 18.3 Å². The van der Waals surface area contributed by atoms with E-state index >= 15 is 0 Å². The zero-order valence-electron chi connectivity index (χ0n) is 23.4. The normalized spacial score (nSPS) is 11.2. The fourth-order valence-corrected chi connectivity index (χ4v) is 5.38. The SMILES string of the molecule is CCOc1ccc(S(=O)(=O)Nc2ccc(C(=O)N/N=C/c3ccc(N(c4ccccc4)c4ccccc4)cc3)cc2)cc1. The number of anilines is 4. The van der Waals surface area contributed by atoms with Crippen LogP contribution in [0.2, 0.25) is 0 Å². The molecule has 0 saturated carbocycles. The highest BCUT2D eigenvalue weighted by Crippen LogP contribution is 2.33. The molecule has 0 fully saturated rings. The number of sulfonamides is 1.